The van der Waals surface area contributed by atoms with Crippen LogP contribution < -0.4 is 4.74 Å². The van der Waals surface area contributed by atoms with E-state index in [1.54, 1.807) is 24.5 Å². The van der Waals surface area contributed by atoms with E-state index >= 15 is 0 Å². The van der Waals surface area contributed by atoms with Gasteiger partial charge in [-0.3, -0.25) is 4.79 Å². The maximum Gasteiger partial charge on any atom is 0.246 e. The number of piperidine rings is 1. The molecule has 4 aromatic rings. The molecule has 5 heteroatoms. The van der Waals surface area contributed by atoms with E-state index < -0.39 is 0 Å². The fourth-order valence-corrected chi connectivity index (χ4v) is 5.15. The van der Waals surface area contributed by atoms with Crippen molar-refractivity contribution in [3.8, 4) is 16.9 Å². The van der Waals surface area contributed by atoms with Crippen LogP contribution in [0.1, 0.15) is 37.8 Å². The van der Waals surface area contributed by atoms with Gasteiger partial charge >= 0.3 is 0 Å². The fourth-order valence-electron chi connectivity index (χ4n) is 5.15. The Morgan fingerprint density at radius 2 is 1.81 bits per heavy atom. The number of allylic oxidation sites excluding steroid dienone is 1. The Morgan fingerprint density at radius 1 is 1.08 bits per heavy atom. The molecule has 0 N–H and O–H groups in total. The largest absolute Gasteiger partial charge is 0.493 e. The number of halogens is 1. The van der Waals surface area contributed by atoms with Gasteiger partial charge in [0.15, 0.2) is 0 Å². The summed E-state index contributed by atoms with van der Waals surface area (Å²) in [6, 6.07) is 20.8. The minimum atomic E-state index is -0.280. The summed E-state index contributed by atoms with van der Waals surface area (Å²) >= 11 is 0. The first-order valence-corrected chi connectivity index (χ1v) is 13.0. The molecule has 0 saturated carbocycles. The molecule has 5 rings (SSSR count). The monoisotopic (exact) mass is 497 g/mol. The van der Waals surface area contributed by atoms with Crippen LogP contribution in [0, 0.1) is 11.7 Å². The molecule has 190 valence electrons. The highest BCUT2D eigenvalue weighted by molar-refractivity contribution is 6.00. The minimum Gasteiger partial charge on any atom is -0.493 e. The highest BCUT2D eigenvalue weighted by atomic mass is 19.1. The third-order valence-corrected chi connectivity index (χ3v) is 7.19. The summed E-state index contributed by atoms with van der Waals surface area (Å²) in [5.74, 6) is 1.04. The van der Waals surface area contributed by atoms with Gasteiger partial charge in [-0.2, -0.15) is 0 Å². The third-order valence-electron chi connectivity index (χ3n) is 7.19. The molecule has 3 aromatic carbocycles. The van der Waals surface area contributed by atoms with Gasteiger partial charge in [0.2, 0.25) is 5.91 Å². The second kappa shape index (κ2) is 11.0. The summed E-state index contributed by atoms with van der Waals surface area (Å²) in [4.78, 5) is 15.2. The molecule has 0 spiro atoms. The molecule has 0 bridgehead atoms. The van der Waals surface area contributed by atoms with Gasteiger partial charge in [0.1, 0.15) is 17.1 Å². The van der Waals surface area contributed by atoms with Crippen molar-refractivity contribution in [2.75, 3.05) is 19.7 Å². The molecule has 0 atom stereocenters. The maximum absolute atomic E-state index is 13.5. The zero-order valence-electron chi connectivity index (χ0n) is 21.4. The van der Waals surface area contributed by atoms with Crippen molar-refractivity contribution < 1.29 is 18.3 Å². The lowest BCUT2D eigenvalue weighted by Gasteiger charge is -2.31. The summed E-state index contributed by atoms with van der Waals surface area (Å²) < 4.78 is 25.2. The summed E-state index contributed by atoms with van der Waals surface area (Å²) in [5, 5.41) is 0.895. The molecule has 1 saturated heterocycles. The first kappa shape index (κ1) is 24.8. The van der Waals surface area contributed by atoms with Crippen LogP contribution in [-0.2, 0) is 11.2 Å². The Kier molecular flexibility index (Phi) is 7.40. The van der Waals surface area contributed by atoms with E-state index in [4.69, 9.17) is 9.15 Å². The van der Waals surface area contributed by atoms with Crippen molar-refractivity contribution in [1.29, 1.82) is 0 Å². The SMILES string of the molecule is CCOc1cc2occ(-c3ccc(F)cc3)c2cc1/C(C)=C/C(=O)N1CCC(Cc2ccccc2)CC1. The van der Waals surface area contributed by atoms with E-state index in [-0.39, 0.29) is 11.7 Å². The van der Waals surface area contributed by atoms with Crippen molar-refractivity contribution in [3.63, 3.8) is 0 Å². The Labute approximate surface area is 217 Å². The van der Waals surface area contributed by atoms with E-state index in [9.17, 15) is 9.18 Å². The standard InChI is InChI=1S/C32H32FNO3/c1-3-36-30-20-31-28(29(21-37-31)25-9-11-26(33)12-10-25)19-27(30)22(2)17-32(35)34-15-13-24(14-16-34)18-23-7-5-4-6-8-23/h4-12,17,19-21,24H,3,13-16,18H2,1-2H3/b22-17+. The number of carbonyl (C=O) groups excluding carboxylic acids is 1. The molecule has 4 nitrogen and oxygen atoms in total. The summed E-state index contributed by atoms with van der Waals surface area (Å²) in [7, 11) is 0. The molecule has 1 fully saturated rings. The number of furan rings is 1. The van der Waals surface area contributed by atoms with Crippen LogP contribution in [0.5, 0.6) is 5.75 Å². The average molecular weight is 498 g/mol. The Hall–Kier alpha value is -3.86. The number of likely N-dealkylation sites (tertiary alicyclic amines) is 1. The van der Waals surface area contributed by atoms with Crippen LogP contribution in [-0.4, -0.2) is 30.5 Å². The number of carbonyl (C=O) groups is 1. The van der Waals surface area contributed by atoms with Gasteiger partial charge < -0.3 is 14.1 Å². The molecule has 0 unspecified atom stereocenters. The van der Waals surface area contributed by atoms with E-state index in [0.29, 0.717) is 23.9 Å². The predicted molar refractivity (Wildman–Crippen MR) is 146 cm³/mol. The van der Waals surface area contributed by atoms with Gasteiger partial charge in [0, 0.05) is 41.7 Å². The van der Waals surface area contributed by atoms with Crippen LogP contribution in [0.4, 0.5) is 4.39 Å². The second-order valence-electron chi connectivity index (χ2n) is 9.72. The topological polar surface area (TPSA) is 42.7 Å². The molecule has 1 aromatic heterocycles. The molecule has 1 amide bonds. The minimum absolute atomic E-state index is 0.0316. The van der Waals surface area contributed by atoms with Gasteiger partial charge in [-0.25, -0.2) is 4.39 Å². The van der Waals surface area contributed by atoms with Crippen LogP contribution >= 0.6 is 0 Å². The number of amides is 1. The van der Waals surface area contributed by atoms with Gasteiger partial charge in [-0.15, -0.1) is 0 Å². The van der Waals surface area contributed by atoms with Gasteiger partial charge in [-0.1, -0.05) is 42.5 Å². The molecule has 2 heterocycles. The molecule has 0 radical (unpaired) electrons. The van der Waals surface area contributed by atoms with Crippen LogP contribution in [0.15, 0.2) is 83.5 Å². The molecular weight excluding hydrogens is 465 g/mol. The molecular formula is C32H32FNO3. The van der Waals surface area contributed by atoms with Crippen LogP contribution in [0.2, 0.25) is 0 Å². The number of fused-ring (bicyclic) bond motifs is 1. The first-order valence-electron chi connectivity index (χ1n) is 13.0. The summed E-state index contributed by atoms with van der Waals surface area (Å²) in [6.07, 6.45) is 6.50. The predicted octanol–water partition coefficient (Wildman–Crippen LogP) is 7.52. The lowest BCUT2D eigenvalue weighted by atomic mass is 9.90. The van der Waals surface area contributed by atoms with Gasteiger partial charge in [0.05, 0.1) is 12.9 Å². The number of benzene rings is 3. The van der Waals surface area contributed by atoms with Crippen molar-refractivity contribution in [1.82, 2.24) is 4.90 Å². The smallest absolute Gasteiger partial charge is 0.246 e. The highest BCUT2D eigenvalue weighted by Gasteiger charge is 2.23. The number of rotatable bonds is 7. The second-order valence-corrected chi connectivity index (χ2v) is 9.72. The number of hydrogen-bond donors (Lipinski definition) is 0. The zero-order valence-corrected chi connectivity index (χ0v) is 21.4. The molecule has 1 aliphatic heterocycles. The molecule has 0 aliphatic carbocycles. The van der Waals surface area contributed by atoms with Crippen LogP contribution in [0.3, 0.4) is 0 Å². The van der Waals surface area contributed by atoms with E-state index in [0.717, 1.165) is 60.0 Å². The van der Waals surface area contributed by atoms with E-state index in [2.05, 4.69) is 24.3 Å². The third kappa shape index (κ3) is 5.61. The van der Waals surface area contributed by atoms with E-state index in [1.807, 2.05) is 36.9 Å². The lowest BCUT2D eigenvalue weighted by Crippen LogP contribution is -2.38. The van der Waals surface area contributed by atoms with Crippen molar-refractivity contribution >= 4 is 22.4 Å². The Balaban J connectivity index is 1.35. The Bertz CT molecular complexity index is 1400. The maximum atomic E-state index is 13.5. The zero-order chi connectivity index (χ0) is 25.8. The first-order chi connectivity index (χ1) is 18.0. The number of ether oxygens (including phenoxy) is 1. The quantitative estimate of drug-likeness (QED) is 0.248. The summed E-state index contributed by atoms with van der Waals surface area (Å²) in [6.45, 7) is 5.92. The van der Waals surface area contributed by atoms with Crippen molar-refractivity contribution in [2.24, 2.45) is 5.92 Å². The number of nitrogens with zero attached hydrogens (tertiary/aromatic N) is 1. The van der Waals surface area contributed by atoms with E-state index in [1.165, 1.54) is 17.7 Å². The number of hydrogen-bond acceptors (Lipinski definition) is 3. The van der Waals surface area contributed by atoms with Crippen LogP contribution in [0.25, 0.3) is 27.7 Å². The highest BCUT2D eigenvalue weighted by Crippen LogP contribution is 2.37. The fraction of sp³-hybridized carbons (Fsp3) is 0.281. The molecule has 37 heavy (non-hydrogen) atoms. The molecule has 1 aliphatic rings. The normalized spacial score (nSPS) is 14.8. The average Bonchev–Trinajstić information content (AvgIpc) is 3.32. The van der Waals surface area contributed by atoms with Crippen molar-refractivity contribution in [3.05, 3.63) is 96.0 Å². The Morgan fingerprint density at radius 3 is 2.51 bits per heavy atom. The van der Waals surface area contributed by atoms with Gasteiger partial charge in [0.25, 0.3) is 0 Å². The van der Waals surface area contributed by atoms with Crippen molar-refractivity contribution in [2.45, 2.75) is 33.1 Å². The van der Waals surface area contributed by atoms with Gasteiger partial charge in [-0.05, 0) is 73.9 Å². The summed E-state index contributed by atoms with van der Waals surface area (Å²) in [5.41, 5.74) is 5.48. The lowest BCUT2D eigenvalue weighted by molar-refractivity contribution is -0.127.